The Labute approximate surface area is 364 Å². The second-order valence-corrected chi connectivity index (χ2v) is 17.1. The molecule has 2 heteroatoms. The van der Waals surface area contributed by atoms with Crippen LogP contribution in [-0.4, -0.2) is 0 Å². The molecule has 292 valence electrons. The molecule has 12 aromatic rings. The minimum absolute atomic E-state index is 0.449. The molecule has 14 rings (SSSR count). The van der Waals surface area contributed by atoms with Crippen LogP contribution in [0.15, 0.2) is 229 Å². The van der Waals surface area contributed by atoms with Crippen LogP contribution in [-0.2, 0) is 5.41 Å². The maximum Gasteiger partial charge on any atom is 0.136 e. The van der Waals surface area contributed by atoms with E-state index in [1.807, 2.05) is 6.07 Å². The van der Waals surface area contributed by atoms with Gasteiger partial charge in [0.15, 0.2) is 0 Å². The van der Waals surface area contributed by atoms with E-state index in [1.165, 1.54) is 76.8 Å². The van der Waals surface area contributed by atoms with Crippen LogP contribution in [0.2, 0.25) is 0 Å². The molecule has 0 saturated heterocycles. The third-order valence-corrected chi connectivity index (χ3v) is 14.1. The summed E-state index contributed by atoms with van der Waals surface area (Å²) in [6, 6.07) is 82.9. The normalized spacial score (nSPS) is 13.2. The van der Waals surface area contributed by atoms with Crippen LogP contribution in [0, 0.1) is 0 Å². The van der Waals surface area contributed by atoms with Crippen LogP contribution >= 0.6 is 0 Å². The van der Waals surface area contributed by atoms with Crippen molar-refractivity contribution in [3.05, 3.63) is 247 Å². The monoisotopic (exact) mass is 799 g/mol. The Hall–Kier alpha value is -8.20. The molecule has 0 fully saturated rings. The largest absolute Gasteiger partial charge is 0.456 e. The van der Waals surface area contributed by atoms with Gasteiger partial charge >= 0.3 is 0 Å². The topological polar surface area (TPSA) is 16.4 Å². The summed E-state index contributed by atoms with van der Waals surface area (Å²) in [7, 11) is 0. The van der Waals surface area contributed by atoms with Gasteiger partial charge in [-0.1, -0.05) is 182 Å². The standard InChI is InChI=1S/C61H37NO/c1-2-17-44-42(15-1)43-16-3-4-18-45(43)51-37-40(35-36-46(44)51)62(39-33-31-38(32-34-39)41-23-13-30-58-59(41)50-22-8-12-29-57(50)63-58)56-28-14-27-55-60(56)49-21-7-11-26-54(49)61(55)52-24-9-5-19-47(52)48-20-6-10-25-53(48)61/h1-37H. The SMILES string of the molecule is c1ccc2c(c1)-c1ccccc1C21c2ccccc2-c2c(N(c3ccc(-c4cccc5oc6ccccc6c45)cc3)c3ccc4c5ccccc5c5ccccc5c4c3)cccc21. The zero-order valence-electron chi connectivity index (χ0n) is 34.2. The first-order chi connectivity index (χ1) is 31.3. The van der Waals surface area contributed by atoms with E-state index in [2.05, 4.69) is 223 Å². The Balaban J connectivity index is 1.04. The quantitative estimate of drug-likeness (QED) is 0.165. The van der Waals surface area contributed by atoms with Gasteiger partial charge in [-0.2, -0.15) is 0 Å². The van der Waals surface area contributed by atoms with E-state index in [0.29, 0.717) is 0 Å². The fourth-order valence-electron chi connectivity index (χ4n) is 11.6. The lowest BCUT2D eigenvalue weighted by atomic mass is 9.70. The molecule has 1 aromatic heterocycles. The second kappa shape index (κ2) is 12.9. The molecule has 2 aliphatic carbocycles. The van der Waals surface area contributed by atoms with Crippen LogP contribution in [0.25, 0.3) is 87.6 Å². The molecule has 0 amide bonds. The van der Waals surface area contributed by atoms with Crippen LogP contribution in [0.4, 0.5) is 17.1 Å². The zero-order chi connectivity index (χ0) is 41.2. The molecule has 0 bridgehead atoms. The predicted molar refractivity (Wildman–Crippen MR) is 263 cm³/mol. The molecule has 0 aliphatic heterocycles. The van der Waals surface area contributed by atoms with Crippen LogP contribution in [0.3, 0.4) is 0 Å². The molecule has 0 atom stereocenters. The summed E-state index contributed by atoms with van der Waals surface area (Å²) in [6.07, 6.45) is 0. The molecule has 63 heavy (non-hydrogen) atoms. The highest BCUT2D eigenvalue weighted by Crippen LogP contribution is 2.64. The highest BCUT2D eigenvalue weighted by Gasteiger charge is 2.52. The van der Waals surface area contributed by atoms with E-state index in [-0.39, 0.29) is 0 Å². The minimum Gasteiger partial charge on any atom is -0.456 e. The average molecular weight is 800 g/mol. The summed E-state index contributed by atoms with van der Waals surface area (Å²) in [5.74, 6) is 0. The number of fused-ring (bicyclic) bond motifs is 19. The van der Waals surface area contributed by atoms with Gasteiger partial charge in [-0.25, -0.2) is 0 Å². The molecule has 0 radical (unpaired) electrons. The molecule has 2 nitrogen and oxygen atoms in total. The lowest BCUT2D eigenvalue weighted by Gasteiger charge is -2.32. The van der Waals surface area contributed by atoms with Gasteiger partial charge in [0.1, 0.15) is 11.2 Å². The van der Waals surface area contributed by atoms with Crippen LogP contribution in [0.1, 0.15) is 22.3 Å². The Kier molecular flexibility index (Phi) is 7.07. The van der Waals surface area contributed by atoms with Gasteiger partial charge in [0.2, 0.25) is 0 Å². The Morgan fingerprint density at radius 3 is 1.48 bits per heavy atom. The fourth-order valence-corrected chi connectivity index (χ4v) is 11.6. The van der Waals surface area contributed by atoms with Crippen molar-refractivity contribution < 1.29 is 4.42 Å². The summed E-state index contributed by atoms with van der Waals surface area (Å²) in [5, 5.41) is 9.84. The summed E-state index contributed by atoms with van der Waals surface area (Å²) >= 11 is 0. The van der Waals surface area contributed by atoms with Gasteiger partial charge < -0.3 is 9.32 Å². The molecule has 1 heterocycles. The Bertz CT molecular complexity index is 3790. The molecule has 0 N–H and O–H groups in total. The van der Waals surface area contributed by atoms with Crippen molar-refractivity contribution in [2.24, 2.45) is 0 Å². The average Bonchev–Trinajstić information content (AvgIpc) is 3.99. The lowest BCUT2D eigenvalue weighted by Crippen LogP contribution is -2.26. The third-order valence-electron chi connectivity index (χ3n) is 14.1. The van der Waals surface area contributed by atoms with Gasteiger partial charge in [0.05, 0.1) is 11.1 Å². The summed E-state index contributed by atoms with van der Waals surface area (Å²) < 4.78 is 6.33. The predicted octanol–water partition coefficient (Wildman–Crippen LogP) is 16.5. The molecular formula is C61H37NO. The van der Waals surface area contributed by atoms with Crippen LogP contribution in [0.5, 0.6) is 0 Å². The van der Waals surface area contributed by atoms with Crippen molar-refractivity contribution in [2.75, 3.05) is 4.90 Å². The number of hydrogen-bond acceptors (Lipinski definition) is 2. The van der Waals surface area contributed by atoms with Crippen molar-refractivity contribution in [2.45, 2.75) is 5.41 Å². The highest BCUT2D eigenvalue weighted by atomic mass is 16.3. The Morgan fingerprint density at radius 1 is 0.317 bits per heavy atom. The van der Waals surface area contributed by atoms with Crippen molar-refractivity contribution in [1.82, 2.24) is 0 Å². The summed E-state index contributed by atoms with van der Waals surface area (Å²) in [6.45, 7) is 0. The second-order valence-electron chi connectivity index (χ2n) is 17.1. The van der Waals surface area contributed by atoms with Gasteiger partial charge in [-0.15, -0.1) is 0 Å². The number of furan rings is 1. The van der Waals surface area contributed by atoms with E-state index in [9.17, 15) is 0 Å². The summed E-state index contributed by atoms with van der Waals surface area (Å²) in [4.78, 5) is 2.50. The molecule has 0 unspecified atom stereocenters. The Morgan fingerprint density at radius 2 is 0.794 bits per heavy atom. The first-order valence-corrected chi connectivity index (χ1v) is 21.8. The van der Waals surface area contributed by atoms with Crippen LogP contribution < -0.4 is 4.90 Å². The van der Waals surface area contributed by atoms with E-state index in [0.717, 1.165) is 50.1 Å². The number of nitrogens with zero attached hydrogens (tertiary/aromatic N) is 1. The van der Waals surface area contributed by atoms with Crippen molar-refractivity contribution in [3.8, 4) is 33.4 Å². The van der Waals surface area contributed by atoms with E-state index in [1.54, 1.807) is 0 Å². The fraction of sp³-hybridized carbons (Fsp3) is 0.0164. The number of rotatable bonds is 4. The maximum atomic E-state index is 6.33. The molecule has 2 aliphatic rings. The molecule has 11 aromatic carbocycles. The maximum absolute atomic E-state index is 6.33. The van der Waals surface area contributed by atoms with E-state index in [4.69, 9.17) is 4.42 Å². The highest BCUT2D eigenvalue weighted by molar-refractivity contribution is 6.26. The molecule has 1 spiro atoms. The van der Waals surface area contributed by atoms with Crippen molar-refractivity contribution in [1.29, 1.82) is 0 Å². The van der Waals surface area contributed by atoms with E-state index < -0.39 is 5.41 Å². The molecular weight excluding hydrogens is 763 g/mol. The van der Waals surface area contributed by atoms with E-state index >= 15 is 0 Å². The number of hydrogen-bond donors (Lipinski definition) is 0. The van der Waals surface area contributed by atoms with Crippen molar-refractivity contribution in [3.63, 3.8) is 0 Å². The van der Waals surface area contributed by atoms with Gasteiger partial charge in [-0.05, 0) is 125 Å². The van der Waals surface area contributed by atoms with Gasteiger partial charge in [-0.3, -0.25) is 0 Å². The first kappa shape index (κ1) is 34.5. The van der Waals surface area contributed by atoms with Gasteiger partial charge in [0.25, 0.3) is 0 Å². The van der Waals surface area contributed by atoms with Gasteiger partial charge in [0, 0.05) is 27.7 Å². The third kappa shape index (κ3) is 4.62. The molecule has 0 saturated carbocycles. The number of anilines is 3. The first-order valence-electron chi connectivity index (χ1n) is 21.8. The number of benzene rings is 11. The minimum atomic E-state index is -0.449. The zero-order valence-corrected chi connectivity index (χ0v) is 34.2. The number of para-hydroxylation sites is 1. The smallest absolute Gasteiger partial charge is 0.136 e. The summed E-state index contributed by atoms with van der Waals surface area (Å²) in [5.41, 5.74) is 17.5. The lowest BCUT2D eigenvalue weighted by molar-refractivity contribution is 0.669. The van der Waals surface area contributed by atoms with Crippen molar-refractivity contribution >= 4 is 71.3 Å².